The quantitative estimate of drug-likeness (QED) is 0.854. The van der Waals surface area contributed by atoms with E-state index in [1.54, 1.807) is 11.3 Å². The highest BCUT2D eigenvalue weighted by atomic mass is 32.1. The second kappa shape index (κ2) is 7.42. The Kier molecular flexibility index (Phi) is 5.31. The second-order valence-electron chi connectivity index (χ2n) is 6.19. The Morgan fingerprint density at radius 2 is 2.00 bits per heavy atom. The first-order valence-electron chi connectivity index (χ1n) is 8.29. The van der Waals surface area contributed by atoms with E-state index in [0.717, 1.165) is 44.2 Å². The number of aromatic nitrogens is 1. The third-order valence-corrected chi connectivity index (χ3v) is 5.48. The number of nitrogens with zero attached hydrogens (tertiary/aromatic N) is 3. The maximum atomic E-state index is 12.3. The smallest absolute Gasteiger partial charge is 0.248 e. The van der Waals surface area contributed by atoms with Crippen molar-refractivity contribution >= 4 is 22.4 Å². The van der Waals surface area contributed by atoms with E-state index >= 15 is 0 Å². The SMILES string of the molecule is Cc1cnc(N2CCN(C(=O)COC3CCCCC3)CC2)s1. The van der Waals surface area contributed by atoms with Crippen molar-refractivity contribution in [3.05, 3.63) is 11.1 Å². The van der Waals surface area contributed by atoms with Gasteiger partial charge in [-0.1, -0.05) is 19.3 Å². The highest BCUT2D eigenvalue weighted by Gasteiger charge is 2.23. The lowest BCUT2D eigenvalue weighted by atomic mass is 9.98. The molecule has 3 rings (SSSR count). The lowest BCUT2D eigenvalue weighted by molar-refractivity contribution is -0.139. The Hall–Kier alpha value is -1.14. The molecule has 2 fully saturated rings. The molecule has 0 unspecified atom stereocenters. The van der Waals surface area contributed by atoms with Crippen molar-refractivity contribution in [1.29, 1.82) is 0 Å². The number of amides is 1. The maximum absolute atomic E-state index is 12.3. The van der Waals surface area contributed by atoms with E-state index in [9.17, 15) is 4.79 Å². The third-order valence-electron chi connectivity index (χ3n) is 4.51. The first-order valence-corrected chi connectivity index (χ1v) is 9.11. The van der Waals surface area contributed by atoms with Crippen LogP contribution in [0.3, 0.4) is 0 Å². The zero-order valence-electron chi connectivity index (χ0n) is 13.3. The minimum atomic E-state index is 0.139. The van der Waals surface area contributed by atoms with Crippen molar-refractivity contribution in [3.8, 4) is 0 Å². The summed E-state index contributed by atoms with van der Waals surface area (Å²) in [5, 5.41) is 1.07. The van der Waals surface area contributed by atoms with Crippen LogP contribution >= 0.6 is 11.3 Å². The molecule has 0 radical (unpaired) electrons. The van der Waals surface area contributed by atoms with Crippen LogP contribution in [0.5, 0.6) is 0 Å². The fraction of sp³-hybridized carbons (Fsp3) is 0.750. The number of carbonyl (C=O) groups excluding carboxylic acids is 1. The zero-order chi connectivity index (χ0) is 15.4. The number of aryl methyl sites for hydroxylation is 1. The standard InChI is InChI=1S/C16H25N3O2S/c1-13-11-17-16(22-13)19-9-7-18(8-10-19)15(20)12-21-14-5-3-2-4-6-14/h11,14H,2-10,12H2,1H3. The zero-order valence-corrected chi connectivity index (χ0v) is 14.1. The summed E-state index contributed by atoms with van der Waals surface area (Å²) in [6.45, 7) is 5.59. The molecule has 1 aliphatic carbocycles. The molecule has 0 N–H and O–H groups in total. The predicted molar refractivity (Wildman–Crippen MR) is 88.5 cm³/mol. The molecule has 22 heavy (non-hydrogen) atoms. The minimum Gasteiger partial charge on any atom is -0.368 e. The first kappa shape index (κ1) is 15.7. The van der Waals surface area contributed by atoms with Gasteiger partial charge in [0.25, 0.3) is 0 Å². The van der Waals surface area contributed by atoms with E-state index in [1.807, 2.05) is 11.1 Å². The molecule has 2 heterocycles. The summed E-state index contributed by atoms with van der Waals surface area (Å²) in [6, 6.07) is 0. The number of hydrogen-bond donors (Lipinski definition) is 0. The van der Waals surface area contributed by atoms with Crippen LogP contribution in [0.2, 0.25) is 0 Å². The Morgan fingerprint density at radius 3 is 2.64 bits per heavy atom. The largest absolute Gasteiger partial charge is 0.368 e. The van der Waals surface area contributed by atoms with Gasteiger partial charge in [0, 0.05) is 37.3 Å². The van der Waals surface area contributed by atoms with Gasteiger partial charge in [-0.2, -0.15) is 0 Å². The second-order valence-corrected chi connectivity index (χ2v) is 7.41. The van der Waals surface area contributed by atoms with E-state index in [-0.39, 0.29) is 12.5 Å². The fourth-order valence-electron chi connectivity index (χ4n) is 3.15. The number of rotatable bonds is 4. The molecule has 1 aromatic heterocycles. The van der Waals surface area contributed by atoms with Gasteiger partial charge in [0.15, 0.2) is 5.13 Å². The van der Waals surface area contributed by atoms with Crippen LogP contribution in [-0.2, 0) is 9.53 Å². The molecule has 122 valence electrons. The molecule has 2 aliphatic rings. The number of piperazine rings is 1. The highest BCUT2D eigenvalue weighted by molar-refractivity contribution is 7.15. The average Bonchev–Trinajstić information content (AvgIpc) is 3.00. The van der Waals surface area contributed by atoms with E-state index < -0.39 is 0 Å². The van der Waals surface area contributed by atoms with Crippen LogP contribution in [-0.4, -0.2) is 54.7 Å². The molecule has 5 nitrogen and oxygen atoms in total. The third kappa shape index (κ3) is 3.98. The van der Waals surface area contributed by atoms with Crippen LogP contribution in [0, 0.1) is 6.92 Å². The summed E-state index contributed by atoms with van der Waals surface area (Å²) in [6.07, 6.45) is 8.24. The van der Waals surface area contributed by atoms with Gasteiger partial charge in [-0.25, -0.2) is 4.98 Å². The Labute approximate surface area is 136 Å². The van der Waals surface area contributed by atoms with Crippen molar-refractivity contribution < 1.29 is 9.53 Å². The van der Waals surface area contributed by atoms with Crippen molar-refractivity contribution in [2.24, 2.45) is 0 Å². The van der Waals surface area contributed by atoms with Gasteiger partial charge in [0.1, 0.15) is 6.61 Å². The first-order chi connectivity index (χ1) is 10.7. The normalized spacial score (nSPS) is 20.4. The Balaban J connectivity index is 1.41. The fourth-order valence-corrected chi connectivity index (χ4v) is 3.96. The molecule has 1 aromatic rings. The van der Waals surface area contributed by atoms with Crippen LogP contribution < -0.4 is 4.90 Å². The average molecular weight is 323 g/mol. The number of carbonyl (C=O) groups is 1. The van der Waals surface area contributed by atoms with Crippen LogP contribution in [0.1, 0.15) is 37.0 Å². The van der Waals surface area contributed by atoms with Crippen molar-refractivity contribution in [2.45, 2.75) is 45.1 Å². The van der Waals surface area contributed by atoms with E-state index in [0.29, 0.717) is 6.10 Å². The number of thiazole rings is 1. The lowest BCUT2D eigenvalue weighted by Gasteiger charge is -2.35. The van der Waals surface area contributed by atoms with Gasteiger partial charge >= 0.3 is 0 Å². The Morgan fingerprint density at radius 1 is 1.27 bits per heavy atom. The van der Waals surface area contributed by atoms with E-state index in [1.165, 1.54) is 24.1 Å². The summed E-state index contributed by atoms with van der Waals surface area (Å²) in [4.78, 5) is 22.1. The summed E-state index contributed by atoms with van der Waals surface area (Å²) in [7, 11) is 0. The molecule has 0 bridgehead atoms. The number of hydrogen-bond acceptors (Lipinski definition) is 5. The van der Waals surface area contributed by atoms with Crippen molar-refractivity contribution in [2.75, 3.05) is 37.7 Å². The predicted octanol–water partition coefficient (Wildman–Crippen LogP) is 2.45. The van der Waals surface area contributed by atoms with Gasteiger partial charge in [-0.05, 0) is 19.8 Å². The van der Waals surface area contributed by atoms with Gasteiger partial charge < -0.3 is 14.5 Å². The van der Waals surface area contributed by atoms with Gasteiger partial charge in [0.05, 0.1) is 6.10 Å². The molecule has 1 aliphatic heterocycles. The van der Waals surface area contributed by atoms with Gasteiger partial charge in [-0.3, -0.25) is 4.79 Å². The van der Waals surface area contributed by atoms with E-state index in [4.69, 9.17) is 4.74 Å². The summed E-state index contributed by atoms with van der Waals surface area (Å²) in [5.74, 6) is 0.139. The molecule has 0 aromatic carbocycles. The Bertz CT molecular complexity index is 491. The molecule has 1 saturated carbocycles. The molecule has 0 atom stereocenters. The minimum absolute atomic E-state index is 0.139. The monoisotopic (exact) mass is 323 g/mol. The highest BCUT2D eigenvalue weighted by Crippen LogP contribution is 2.23. The molecule has 6 heteroatoms. The number of ether oxygens (including phenoxy) is 1. The maximum Gasteiger partial charge on any atom is 0.248 e. The summed E-state index contributed by atoms with van der Waals surface area (Å²) < 4.78 is 5.80. The van der Waals surface area contributed by atoms with E-state index in [2.05, 4.69) is 16.8 Å². The molecule has 1 amide bonds. The summed E-state index contributed by atoms with van der Waals surface area (Å²) >= 11 is 1.72. The lowest BCUT2D eigenvalue weighted by Crippen LogP contribution is -2.50. The van der Waals surface area contributed by atoms with Crippen LogP contribution in [0.4, 0.5) is 5.13 Å². The topological polar surface area (TPSA) is 45.7 Å². The van der Waals surface area contributed by atoms with Crippen molar-refractivity contribution in [3.63, 3.8) is 0 Å². The van der Waals surface area contributed by atoms with Crippen LogP contribution in [0.25, 0.3) is 0 Å². The number of anilines is 1. The summed E-state index contributed by atoms with van der Waals surface area (Å²) in [5.41, 5.74) is 0. The molecular weight excluding hydrogens is 298 g/mol. The molecule has 1 saturated heterocycles. The van der Waals surface area contributed by atoms with Gasteiger partial charge in [0.2, 0.25) is 5.91 Å². The van der Waals surface area contributed by atoms with Crippen molar-refractivity contribution in [1.82, 2.24) is 9.88 Å². The van der Waals surface area contributed by atoms with Crippen LogP contribution in [0.15, 0.2) is 6.20 Å². The molecular formula is C16H25N3O2S. The molecule has 0 spiro atoms. The van der Waals surface area contributed by atoms with Gasteiger partial charge in [-0.15, -0.1) is 11.3 Å².